The minimum Gasteiger partial charge on any atom is -0.311 e. The summed E-state index contributed by atoms with van der Waals surface area (Å²) in [7, 11) is 0. The fourth-order valence-electron chi connectivity index (χ4n) is 1.95. The molecule has 3 aromatic rings. The molecule has 0 atom stereocenters. The highest BCUT2D eigenvalue weighted by molar-refractivity contribution is 14.1. The third-order valence-electron chi connectivity index (χ3n) is 2.90. The summed E-state index contributed by atoms with van der Waals surface area (Å²) >= 11 is 2.22. The van der Waals surface area contributed by atoms with E-state index in [1.807, 2.05) is 12.1 Å². The Morgan fingerprint density at radius 1 is 1.33 bits per heavy atom. The summed E-state index contributed by atoms with van der Waals surface area (Å²) in [5.74, 6) is 0.893. The molecule has 0 aliphatic carbocycles. The first-order valence-electron chi connectivity index (χ1n) is 5.70. The Balaban J connectivity index is 2.19. The summed E-state index contributed by atoms with van der Waals surface area (Å²) in [4.78, 5) is 0. The maximum absolute atomic E-state index is 4.21. The lowest BCUT2D eigenvalue weighted by molar-refractivity contribution is 0.604. The molecule has 0 radical (unpaired) electrons. The summed E-state index contributed by atoms with van der Waals surface area (Å²) in [6.07, 6.45) is 1.77. The van der Waals surface area contributed by atoms with E-state index in [4.69, 9.17) is 0 Å². The Bertz CT molecular complexity index is 697. The molecule has 0 fully saturated rings. The van der Waals surface area contributed by atoms with Gasteiger partial charge in [0.05, 0.1) is 5.52 Å². The van der Waals surface area contributed by atoms with E-state index in [1.165, 1.54) is 0 Å². The summed E-state index contributed by atoms with van der Waals surface area (Å²) < 4.78 is 3.04. The van der Waals surface area contributed by atoms with Crippen molar-refractivity contribution in [2.24, 2.45) is 0 Å². The Labute approximate surface area is 118 Å². The lowest BCUT2D eigenvalue weighted by Gasteiger charge is -2.09. The molecule has 1 N–H and O–H groups in total. The first kappa shape index (κ1) is 11.6. The second kappa shape index (κ2) is 4.34. The van der Waals surface area contributed by atoms with Crippen molar-refractivity contribution in [3.8, 4) is 11.4 Å². The van der Waals surface area contributed by atoms with Gasteiger partial charge in [-0.3, -0.25) is 5.10 Å². The lowest BCUT2D eigenvalue weighted by atomic mass is 10.1. The third kappa shape index (κ3) is 1.80. The number of benzene rings is 1. The molecule has 0 unspecified atom stereocenters. The second-order valence-electron chi connectivity index (χ2n) is 4.43. The van der Waals surface area contributed by atoms with Gasteiger partial charge in [0.15, 0.2) is 5.82 Å². The summed E-state index contributed by atoms with van der Waals surface area (Å²) in [5.41, 5.74) is 2.10. The predicted octanol–water partition coefficient (Wildman–Crippen LogP) is 3.01. The fraction of sp³-hybridized carbons (Fsp3) is 0.250. The molecule has 0 aliphatic heterocycles. The molecule has 0 saturated carbocycles. The zero-order valence-corrected chi connectivity index (χ0v) is 12.2. The van der Waals surface area contributed by atoms with Crippen LogP contribution in [0.3, 0.4) is 0 Å². The first-order chi connectivity index (χ1) is 8.66. The van der Waals surface area contributed by atoms with Crippen LogP contribution in [0.1, 0.15) is 19.9 Å². The maximum atomic E-state index is 4.21. The molecule has 2 aromatic heterocycles. The molecule has 6 heteroatoms. The highest BCUT2D eigenvalue weighted by atomic mass is 127. The van der Waals surface area contributed by atoms with Gasteiger partial charge >= 0.3 is 0 Å². The Morgan fingerprint density at radius 3 is 2.94 bits per heavy atom. The summed E-state index contributed by atoms with van der Waals surface area (Å²) in [5, 5.41) is 16.5. The van der Waals surface area contributed by atoms with Crippen molar-refractivity contribution in [1.29, 1.82) is 0 Å². The third-order valence-corrected chi connectivity index (χ3v) is 3.73. The predicted molar refractivity (Wildman–Crippen MR) is 78.2 cm³/mol. The SMILES string of the molecule is CC(C)n1cnnc1-c1ccc2[nH]nc(I)c2c1. The maximum Gasteiger partial charge on any atom is 0.164 e. The molecule has 0 saturated heterocycles. The van der Waals surface area contributed by atoms with E-state index in [2.05, 4.69) is 67.5 Å². The van der Waals surface area contributed by atoms with Crippen molar-refractivity contribution in [3.05, 3.63) is 28.2 Å². The molecular formula is C12H12IN5. The number of H-pyrrole nitrogens is 1. The smallest absolute Gasteiger partial charge is 0.164 e. The minimum absolute atomic E-state index is 0.342. The number of nitrogens with one attached hydrogen (secondary N) is 1. The summed E-state index contributed by atoms with van der Waals surface area (Å²) in [6, 6.07) is 6.51. The van der Waals surface area contributed by atoms with Crippen LogP contribution in [0.4, 0.5) is 0 Å². The molecule has 5 nitrogen and oxygen atoms in total. The number of hydrogen-bond acceptors (Lipinski definition) is 3. The molecule has 0 amide bonds. The van der Waals surface area contributed by atoms with Gasteiger partial charge in [-0.05, 0) is 54.6 Å². The molecule has 1 aromatic carbocycles. The normalized spacial score (nSPS) is 11.6. The molecule has 18 heavy (non-hydrogen) atoms. The molecule has 3 rings (SSSR count). The number of fused-ring (bicyclic) bond motifs is 1. The molecular weight excluding hydrogens is 341 g/mol. The number of hydrogen-bond donors (Lipinski definition) is 1. The molecule has 0 spiro atoms. The molecule has 0 bridgehead atoms. The van der Waals surface area contributed by atoms with E-state index < -0.39 is 0 Å². The van der Waals surface area contributed by atoms with Crippen LogP contribution >= 0.6 is 22.6 Å². The topological polar surface area (TPSA) is 59.4 Å². The van der Waals surface area contributed by atoms with Crippen molar-refractivity contribution in [2.45, 2.75) is 19.9 Å². The van der Waals surface area contributed by atoms with Crippen LogP contribution in [0, 0.1) is 3.70 Å². The monoisotopic (exact) mass is 353 g/mol. The van der Waals surface area contributed by atoms with E-state index in [1.54, 1.807) is 6.33 Å². The standard InChI is InChI=1S/C12H12IN5/c1-7(2)18-6-14-17-12(18)8-3-4-10-9(5-8)11(13)16-15-10/h3-7H,1-2H3,(H,15,16). The Kier molecular flexibility index (Phi) is 2.81. The van der Waals surface area contributed by atoms with Crippen LogP contribution in [0.5, 0.6) is 0 Å². The van der Waals surface area contributed by atoms with Gasteiger partial charge in [0.25, 0.3) is 0 Å². The average molecular weight is 353 g/mol. The van der Waals surface area contributed by atoms with Crippen LogP contribution < -0.4 is 0 Å². The van der Waals surface area contributed by atoms with Gasteiger partial charge in [0.1, 0.15) is 10.0 Å². The van der Waals surface area contributed by atoms with Gasteiger partial charge in [-0.25, -0.2) is 0 Å². The van der Waals surface area contributed by atoms with Crippen molar-refractivity contribution in [1.82, 2.24) is 25.0 Å². The van der Waals surface area contributed by atoms with E-state index in [0.717, 1.165) is 26.0 Å². The van der Waals surface area contributed by atoms with Gasteiger partial charge in [-0.1, -0.05) is 0 Å². The largest absolute Gasteiger partial charge is 0.311 e. The van der Waals surface area contributed by atoms with E-state index in [9.17, 15) is 0 Å². The zero-order chi connectivity index (χ0) is 12.7. The quantitative estimate of drug-likeness (QED) is 0.721. The number of nitrogens with zero attached hydrogens (tertiary/aromatic N) is 4. The van der Waals surface area contributed by atoms with E-state index in [-0.39, 0.29) is 0 Å². The second-order valence-corrected chi connectivity index (χ2v) is 5.45. The minimum atomic E-state index is 0.342. The molecule has 0 aliphatic rings. The Hall–Kier alpha value is -1.44. The first-order valence-corrected chi connectivity index (χ1v) is 6.78. The van der Waals surface area contributed by atoms with Gasteiger partial charge in [-0.2, -0.15) is 5.10 Å². The molecule has 2 heterocycles. The van der Waals surface area contributed by atoms with Crippen molar-refractivity contribution in [2.75, 3.05) is 0 Å². The lowest BCUT2D eigenvalue weighted by Crippen LogP contribution is -2.01. The number of rotatable bonds is 2. The van der Waals surface area contributed by atoms with E-state index in [0.29, 0.717) is 6.04 Å². The average Bonchev–Trinajstić information content (AvgIpc) is 2.96. The number of halogens is 1. The highest BCUT2D eigenvalue weighted by Gasteiger charge is 2.11. The van der Waals surface area contributed by atoms with Crippen LogP contribution in [-0.2, 0) is 0 Å². The van der Waals surface area contributed by atoms with Gasteiger partial charge in [0.2, 0.25) is 0 Å². The zero-order valence-electron chi connectivity index (χ0n) is 10.1. The molecule has 92 valence electrons. The van der Waals surface area contributed by atoms with Crippen LogP contribution in [0.2, 0.25) is 0 Å². The van der Waals surface area contributed by atoms with Gasteiger partial charge < -0.3 is 4.57 Å². The Morgan fingerprint density at radius 2 is 2.17 bits per heavy atom. The highest BCUT2D eigenvalue weighted by Crippen LogP contribution is 2.26. The van der Waals surface area contributed by atoms with Gasteiger partial charge in [0, 0.05) is 17.0 Å². The number of aromatic nitrogens is 5. The van der Waals surface area contributed by atoms with E-state index >= 15 is 0 Å². The summed E-state index contributed by atoms with van der Waals surface area (Å²) in [6.45, 7) is 4.24. The van der Waals surface area contributed by atoms with Gasteiger partial charge in [-0.15, -0.1) is 10.2 Å². The fourth-order valence-corrected chi connectivity index (χ4v) is 2.52. The van der Waals surface area contributed by atoms with Crippen LogP contribution in [-0.4, -0.2) is 25.0 Å². The van der Waals surface area contributed by atoms with Crippen molar-refractivity contribution < 1.29 is 0 Å². The van der Waals surface area contributed by atoms with Crippen LogP contribution in [0.15, 0.2) is 24.5 Å². The number of aromatic amines is 1. The van der Waals surface area contributed by atoms with Crippen molar-refractivity contribution in [3.63, 3.8) is 0 Å². The van der Waals surface area contributed by atoms with Crippen LogP contribution in [0.25, 0.3) is 22.3 Å². The van der Waals surface area contributed by atoms with Crippen molar-refractivity contribution >= 4 is 33.5 Å².